The van der Waals surface area contributed by atoms with Gasteiger partial charge in [-0.3, -0.25) is 21.9 Å². The topological polar surface area (TPSA) is 91.4 Å². The van der Waals surface area contributed by atoms with Crippen molar-refractivity contribution < 1.29 is 13.3 Å². The highest BCUT2D eigenvalue weighted by Crippen LogP contribution is 2.22. The van der Waals surface area contributed by atoms with E-state index in [1.54, 1.807) is 0 Å². The normalized spacial score (nSPS) is 11.2. The average Bonchev–Trinajstić information content (AvgIpc) is 2.18. The van der Waals surface area contributed by atoms with Crippen molar-refractivity contribution in [2.75, 3.05) is 0 Å². The Labute approximate surface area is 84.8 Å². The van der Waals surface area contributed by atoms with Gasteiger partial charge in [-0.15, -0.1) is 0 Å². The highest BCUT2D eigenvalue weighted by Gasteiger charge is 2.10. The molecule has 8 heteroatoms. The van der Waals surface area contributed by atoms with Crippen LogP contribution in [0.3, 0.4) is 0 Å². The number of hydrogen-bond donors (Lipinski definition) is 0. The number of halogens is 1. The fourth-order valence-corrected chi connectivity index (χ4v) is 1.64. The molecule has 1 aromatic carbocycles. The van der Waals surface area contributed by atoms with Gasteiger partial charge in [0.15, 0.2) is 0 Å². The summed E-state index contributed by atoms with van der Waals surface area (Å²) in [4.78, 5) is 9.31. The summed E-state index contributed by atoms with van der Waals surface area (Å²) < 4.78 is 24.7. The minimum atomic E-state index is -3.97. The van der Waals surface area contributed by atoms with Crippen LogP contribution in [0.4, 0.5) is 5.69 Å². The van der Waals surface area contributed by atoms with E-state index in [4.69, 9.17) is 11.8 Å². The van der Waals surface area contributed by atoms with Gasteiger partial charge >= 0.3 is 0 Å². The summed E-state index contributed by atoms with van der Waals surface area (Å²) >= 11 is 4.83. The van der Waals surface area contributed by atoms with Crippen LogP contribution in [-0.2, 0) is 10.0 Å². The Hall–Kier alpha value is -1.18. The van der Waals surface area contributed by atoms with Crippen molar-refractivity contribution >= 4 is 27.5 Å². The summed E-state index contributed by atoms with van der Waals surface area (Å²) in [5.74, 6) is 0. The molecule has 0 unspecified atom stereocenters. The number of nitro groups is 1. The van der Waals surface area contributed by atoms with Crippen molar-refractivity contribution in [2.45, 2.75) is 4.90 Å². The van der Waals surface area contributed by atoms with Crippen molar-refractivity contribution in [1.29, 1.82) is 0 Å². The third-order valence-corrected chi connectivity index (χ3v) is 2.99. The maximum Gasteiger partial charge on any atom is 0.270 e. The number of sulfonamides is 1. The summed E-state index contributed by atoms with van der Waals surface area (Å²) in [6.07, 6.45) is 0. The van der Waals surface area contributed by atoms with E-state index < -0.39 is 14.9 Å². The Bertz CT molecular complexity index is 459. The van der Waals surface area contributed by atoms with E-state index in [1.165, 1.54) is 18.2 Å². The van der Waals surface area contributed by atoms with Crippen LogP contribution in [0.25, 0.3) is 4.24 Å². The van der Waals surface area contributed by atoms with Crippen molar-refractivity contribution in [3.05, 3.63) is 38.6 Å². The van der Waals surface area contributed by atoms with Crippen LogP contribution in [0.15, 0.2) is 29.2 Å². The lowest BCUT2D eigenvalue weighted by atomic mass is 10.3. The Balaban J connectivity index is 3.26. The number of non-ortho nitro benzene ring substituents is 1. The standard InChI is InChI=1S/C6H4ClN2O4S/c7-8-14(12,13)6-3-1-2-5(4-6)9(10)11/h1-4H/q-1. The van der Waals surface area contributed by atoms with Crippen LogP contribution in [0.1, 0.15) is 0 Å². The molecule has 0 amide bonds. The molecule has 0 aliphatic carbocycles. The highest BCUT2D eigenvalue weighted by atomic mass is 35.5. The highest BCUT2D eigenvalue weighted by molar-refractivity contribution is 7.95. The van der Waals surface area contributed by atoms with E-state index >= 15 is 0 Å². The molecule has 0 radical (unpaired) electrons. The minimum absolute atomic E-state index is 0.304. The predicted octanol–water partition coefficient (Wildman–Crippen LogP) is 1.81. The maximum atomic E-state index is 11.1. The Morgan fingerprint density at radius 2 is 2.07 bits per heavy atom. The van der Waals surface area contributed by atoms with Gasteiger partial charge in [0.25, 0.3) is 5.69 Å². The summed E-state index contributed by atoms with van der Waals surface area (Å²) in [5, 5.41) is 10.3. The van der Waals surface area contributed by atoms with Crippen LogP contribution >= 0.6 is 11.8 Å². The second-order valence-electron chi connectivity index (χ2n) is 2.30. The van der Waals surface area contributed by atoms with Gasteiger partial charge in [0.05, 0.1) is 9.82 Å². The molecule has 0 saturated carbocycles. The molecule has 76 valence electrons. The molecule has 1 aromatic rings. The van der Waals surface area contributed by atoms with Crippen molar-refractivity contribution in [1.82, 2.24) is 0 Å². The molecule has 0 aromatic heterocycles. The Morgan fingerprint density at radius 1 is 1.43 bits per heavy atom. The van der Waals surface area contributed by atoms with Gasteiger partial charge in [-0.1, -0.05) is 6.07 Å². The Morgan fingerprint density at radius 3 is 2.57 bits per heavy atom. The van der Waals surface area contributed by atoms with Gasteiger partial charge in [-0.25, -0.2) is 8.42 Å². The zero-order valence-corrected chi connectivity index (χ0v) is 8.20. The lowest BCUT2D eigenvalue weighted by Crippen LogP contribution is -1.97. The molecule has 0 saturated heterocycles. The molecule has 0 heterocycles. The van der Waals surface area contributed by atoms with Gasteiger partial charge in [-0.2, -0.15) is 0 Å². The monoisotopic (exact) mass is 235 g/mol. The number of nitrogens with zero attached hydrogens (tertiary/aromatic N) is 2. The zero-order valence-electron chi connectivity index (χ0n) is 6.62. The third-order valence-electron chi connectivity index (χ3n) is 1.42. The van der Waals surface area contributed by atoms with Crippen LogP contribution in [0.2, 0.25) is 0 Å². The fourth-order valence-electron chi connectivity index (χ4n) is 0.797. The largest absolute Gasteiger partial charge is 0.458 e. The molecule has 0 N–H and O–H groups in total. The van der Waals surface area contributed by atoms with Crippen molar-refractivity contribution in [2.24, 2.45) is 0 Å². The maximum absolute atomic E-state index is 11.1. The molecule has 1 rings (SSSR count). The van der Waals surface area contributed by atoms with E-state index in [2.05, 4.69) is 4.24 Å². The number of rotatable bonds is 3. The van der Waals surface area contributed by atoms with Gasteiger partial charge in [0.2, 0.25) is 0 Å². The lowest BCUT2D eigenvalue weighted by Gasteiger charge is -2.10. The summed E-state index contributed by atoms with van der Waals surface area (Å²) in [6.45, 7) is 0. The quantitative estimate of drug-likeness (QED) is 0.590. The van der Waals surface area contributed by atoms with Gasteiger partial charge in [0, 0.05) is 12.1 Å². The van der Waals surface area contributed by atoms with Crippen LogP contribution in [0.5, 0.6) is 0 Å². The number of benzene rings is 1. The first-order valence-corrected chi connectivity index (χ1v) is 5.08. The van der Waals surface area contributed by atoms with E-state index in [0.717, 1.165) is 6.07 Å². The second kappa shape index (κ2) is 3.91. The van der Waals surface area contributed by atoms with Crippen LogP contribution < -0.4 is 0 Å². The summed E-state index contributed by atoms with van der Waals surface area (Å²) in [5.41, 5.74) is -0.327. The van der Waals surface area contributed by atoms with Crippen molar-refractivity contribution in [3.63, 3.8) is 0 Å². The first-order chi connectivity index (χ1) is 6.47. The van der Waals surface area contributed by atoms with Gasteiger partial charge in [0.1, 0.15) is 10.0 Å². The zero-order chi connectivity index (χ0) is 10.8. The molecule has 6 nitrogen and oxygen atoms in total. The molecule has 0 aliphatic rings. The number of nitro benzene ring substituents is 1. The molecule has 0 aliphatic heterocycles. The molecule has 0 spiro atoms. The van der Waals surface area contributed by atoms with Crippen LogP contribution in [-0.4, -0.2) is 13.3 Å². The van der Waals surface area contributed by atoms with E-state index in [-0.39, 0.29) is 10.6 Å². The molecule has 0 atom stereocenters. The smallest absolute Gasteiger partial charge is 0.270 e. The lowest BCUT2D eigenvalue weighted by molar-refractivity contribution is -0.385. The molecule has 0 fully saturated rings. The number of hydrogen-bond acceptors (Lipinski definition) is 4. The van der Waals surface area contributed by atoms with E-state index in [9.17, 15) is 18.5 Å². The van der Waals surface area contributed by atoms with Gasteiger partial charge in [-0.05, 0) is 6.07 Å². The SMILES string of the molecule is O=[N+]([O-])c1cccc(S(=O)(=O)[N-]Cl)c1. The summed E-state index contributed by atoms with van der Waals surface area (Å²) in [6, 6.07) is 4.48. The second-order valence-corrected chi connectivity index (χ2v) is 4.27. The fraction of sp³-hybridized carbons (Fsp3) is 0. The first-order valence-electron chi connectivity index (χ1n) is 3.30. The van der Waals surface area contributed by atoms with Crippen molar-refractivity contribution in [3.8, 4) is 0 Å². The van der Waals surface area contributed by atoms with E-state index in [0.29, 0.717) is 0 Å². The third kappa shape index (κ3) is 2.19. The van der Waals surface area contributed by atoms with E-state index in [1.807, 2.05) is 0 Å². The molecule has 0 bridgehead atoms. The van der Waals surface area contributed by atoms with Gasteiger partial charge < -0.3 is 4.24 Å². The average molecular weight is 236 g/mol. The predicted molar refractivity (Wildman–Crippen MR) is 49.5 cm³/mol. The molecule has 14 heavy (non-hydrogen) atoms. The van der Waals surface area contributed by atoms with Crippen LogP contribution in [0, 0.1) is 10.1 Å². The molecular weight excluding hydrogens is 232 g/mol. The Kier molecular flexibility index (Phi) is 3.04. The minimum Gasteiger partial charge on any atom is -0.458 e. The summed E-state index contributed by atoms with van der Waals surface area (Å²) in [7, 11) is -3.97. The molecular formula is C6H4ClN2O4S-. The first kappa shape index (κ1) is 10.9.